The van der Waals surface area contributed by atoms with Gasteiger partial charge in [0.05, 0.1) is 21.5 Å². The second kappa shape index (κ2) is 3.84. The third-order valence-electron chi connectivity index (χ3n) is 1.48. The van der Waals surface area contributed by atoms with Gasteiger partial charge in [-0.2, -0.15) is 0 Å². The lowest BCUT2D eigenvalue weighted by molar-refractivity contribution is 0.973. The Morgan fingerprint density at radius 3 is 2.92 bits per heavy atom. The maximum absolute atomic E-state index is 5.74. The predicted molar refractivity (Wildman–Crippen MR) is 59.4 cm³/mol. The lowest BCUT2D eigenvalue weighted by Crippen LogP contribution is -1.99. The number of rotatable bonds is 2. The summed E-state index contributed by atoms with van der Waals surface area (Å²) in [6.07, 6.45) is 0. The van der Waals surface area contributed by atoms with Crippen LogP contribution in [0.2, 0.25) is 0 Å². The van der Waals surface area contributed by atoms with E-state index >= 15 is 0 Å². The van der Waals surface area contributed by atoms with Crippen molar-refractivity contribution in [2.75, 3.05) is 5.73 Å². The molecule has 0 aliphatic rings. The number of halogens is 1. The molecule has 3 nitrogen and oxygen atoms in total. The summed E-state index contributed by atoms with van der Waals surface area (Å²) < 4.78 is 1.01. The molecule has 0 saturated heterocycles. The molecule has 0 atom stereocenters. The second-order valence-corrected chi connectivity index (χ2v) is 3.56. The topological polar surface area (TPSA) is 51.3 Å². The van der Waals surface area contributed by atoms with E-state index in [9.17, 15) is 0 Å². The minimum absolute atomic E-state index is 0.530. The Hall–Kier alpha value is -0.650. The van der Waals surface area contributed by atoms with E-state index in [4.69, 9.17) is 5.73 Å². The van der Waals surface area contributed by atoms with Crippen molar-refractivity contribution < 1.29 is 0 Å². The Balaban J connectivity index is 3.11. The van der Waals surface area contributed by atoms with Gasteiger partial charge in [0.2, 0.25) is 0 Å². The van der Waals surface area contributed by atoms with Crippen molar-refractivity contribution in [3.63, 3.8) is 0 Å². The van der Waals surface area contributed by atoms with E-state index in [1.165, 1.54) is 0 Å². The van der Waals surface area contributed by atoms with Crippen molar-refractivity contribution in [1.82, 2.24) is 4.98 Å². The fourth-order valence-corrected chi connectivity index (χ4v) is 1.22. The molecular formula is C8H10IN3. The number of anilines is 1. The van der Waals surface area contributed by atoms with E-state index in [2.05, 4.69) is 39.3 Å². The molecule has 1 aromatic rings. The zero-order valence-corrected chi connectivity index (χ0v) is 9.00. The fourth-order valence-electron chi connectivity index (χ4n) is 0.944. The second-order valence-electron chi connectivity index (χ2n) is 2.48. The molecule has 2 N–H and O–H groups in total. The average molecular weight is 275 g/mol. The molecule has 0 aliphatic heterocycles. The van der Waals surface area contributed by atoms with Crippen LogP contribution >= 0.6 is 22.6 Å². The van der Waals surface area contributed by atoms with Gasteiger partial charge in [-0.05, 0) is 42.3 Å². The van der Waals surface area contributed by atoms with E-state index in [-0.39, 0.29) is 0 Å². The lowest BCUT2D eigenvalue weighted by atomic mass is 10.3. The minimum Gasteiger partial charge on any atom is -0.398 e. The van der Waals surface area contributed by atoms with Gasteiger partial charge in [-0.15, -0.1) is 0 Å². The number of hydrogen-bond acceptors (Lipinski definition) is 3. The summed E-state index contributed by atoms with van der Waals surface area (Å²) in [5.74, 6) is 0. The molecule has 64 valence electrons. The highest BCUT2D eigenvalue weighted by Gasteiger charge is 2.02. The summed E-state index contributed by atoms with van der Waals surface area (Å²) in [4.78, 5) is 8.05. The van der Waals surface area contributed by atoms with Crippen LogP contribution in [-0.2, 0) is 6.54 Å². The molecule has 1 rings (SSSR count). The molecule has 0 bridgehead atoms. The number of nitrogens with two attached hydrogens (primary N) is 1. The standard InChI is InChI=1S/C8H10IN3/c1-5-8(9)7(10)3-6(12-5)4-11-2/h3H,2,4H2,1H3,(H2,10,12). The van der Waals surface area contributed by atoms with Gasteiger partial charge >= 0.3 is 0 Å². The summed E-state index contributed by atoms with van der Waals surface area (Å²) >= 11 is 2.18. The van der Waals surface area contributed by atoms with Crippen molar-refractivity contribution in [2.45, 2.75) is 13.5 Å². The first kappa shape index (κ1) is 9.44. The molecule has 12 heavy (non-hydrogen) atoms. The highest BCUT2D eigenvalue weighted by Crippen LogP contribution is 2.18. The number of aromatic nitrogens is 1. The smallest absolute Gasteiger partial charge is 0.0805 e. The quantitative estimate of drug-likeness (QED) is 0.660. The number of hydrogen-bond donors (Lipinski definition) is 1. The summed E-state index contributed by atoms with van der Waals surface area (Å²) in [6.45, 7) is 5.87. The first-order valence-electron chi connectivity index (χ1n) is 3.49. The van der Waals surface area contributed by atoms with Gasteiger partial charge in [-0.1, -0.05) is 0 Å². The minimum atomic E-state index is 0.530. The third kappa shape index (κ3) is 1.94. The highest BCUT2D eigenvalue weighted by atomic mass is 127. The molecule has 0 aliphatic carbocycles. The fraction of sp³-hybridized carbons (Fsp3) is 0.250. The van der Waals surface area contributed by atoms with E-state index in [1.807, 2.05) is 13.0 Å². The Kier molecular flexibility index (Phi) is 3.02. The first-order valence-corrected chi connectivity index (χ1v) is 4.57. The summed E-state index contributed by atoms with van der Waals surface area (Å²) in [5.41, 5.74) is 8.34. The first-order chi connectivity index (χ1) is 5.65. The normalized spacial score (nSPS) is 9.83. The van der Waals surface area contributed by atoms with Crippen LogP contribution in [0.3, 0.4) is 0 Å². The predicted octanol–water partition coefficient (Wildman–Crippen LogP) is 1.78. The van der Waals surface area contributed by atoms with Crippen LogP contribution in [0.25, 0.3) is 0 Å². The van der Waals surface area contributed by atoms with Crippen LogP contribution in [0.15, 0.2) is 11.1 Å². The van der Waals surface area contributed by atoms with E-state index < -0.39 is 0 Å². The van der Waals surface area contributed by atoms with Crippen molar-refractivity contribution in [2.24, 2.45) is 4.99 Å². The third-order valence-corrected chi connectivity index (χ3v) is 2.88. The number of aryl methyl sites for hydroxylation is 1. The molecule has 0 saturated carbocycles. The van der Waals surface area contributed by atoms with Crippen molar-refractivity contribution in [1.29, 1.82) is 0 Å². The zero-order chi connectivity index (χ0) is 9.14. The van der Waals surface area contributed by atoms with Gasteiger partial charge in [0.15, 0.2) is 0 Å². The van der Waals surface area contributed by atoms with E-state index in [0.717, 1.165) is 20.6 Å². The molecule has 0 amide bonds. The molecule has 0 unspecified atom stereocenters. The monoisotopic (exact) mass is 275 g/mol. The molecule has 0 fully saturated rings. The van der Waals surface area contributed by atoms with Crippen molar-refractivity contribution >= 4 is 35.0 Å². The number of nitrogens with zero attached hydrogens (tertiary/aromatic N) is 2. The SMILES string of the molecule is C=NCc1cc(N)c(I)c(C)n1. The largest absolute Gasteiger partial charge is 0.398 e. The van der Waals surface area contributed by atoms with Gasteiger partial charge in [0.1, 0.15) is 0 Å². The molecule has 1 heterocycles. The van der Waals surface area contributed by atoms with Crippen LogP contribution in [-0.4, -0.2) is 11.7 Å². The molecule has 0 aromatic carbocycles. The lowest BCUT2D eigenvalue weighted by Gasteiger charge is -2.04. The van der Waals surface area contributed by atoms with E-state index in [0.29, 0.717) is 6.54 Å². The maximum Gasteiger partial charge on any atom is 0.0805 e. The van der Waals surface area contributed by atoms with Crippen LogP contribution < -0.4 is 5.73 Å². The van der Waals surface area contributed by atoms with Crippen LogP contribution in [0.5, 0.6) is 0 Å². The van der Waals surface area contributed by atoms with Gasteiger partial charge in [0.25, 0.3) is 0 Å². The Bertz CT molecular complexity index is 286. The van der Waals surface area contributed by atoms with Crippen LogP contribution in [0, 0.1) is 10.5 Å². The molecule has 1 aromatic heterocycles. The van der Waals surface area contributed by atoms with Crippen molar-refractivity contribution in [3.8, 4) is 0 Å². The van der Waals surface area contributed by atoms with Crippen LogP contribution in [0.1, 0.15) is 11.4 Å². The maximum atomic E-state index is 5.74. The Morgan fingerprint density at radius 1 is 1.75 bits per heavy atom. The summed E-state index contributed by atoms with van der Waals surface area (Å²) in [6, 6.07) is 1.84. The van der Waals surface area contributed by atoms with E-state index in [1.54, 1.807) is 0 Å². The average Bonchev–Trinajstić information content (AvgIpc) is 2.01. The highest BCUT2D eigenvalue weighted by molar-refractivity contribution is 14.1. The van der Waals surface area contributed by atoms with Gasteiger partial charge < -0.3 is 5.73 Å². The summed E-state index contributed by atoms with van der Waals surface area (Å²) in [5, 5.41) is 0. The van der Waals surface area contributed by atoms with Gasteiger partial charge in [0, 0.05) is 5.69 Å². The van der Waals surface area contributed by atoms with Gasteiger partial charge in [-0.25, -0.2) is 0 Å². The Morgan fingerprint density at radius 2 is 2.42 bits per heavy atom. The Labute approximate surface area is 85.2 Å². The summed E-state index contributed by atoms with van der Waals surface area (Å²) in [7, 11) is 0. The van der Waals surface area contributed by atoms with Crippen LogP contribution in [0.4, 0.5) is 5.69 Å². The van der Waals surface area contributed by atoms with Gasteiger partial charge in [-0.3, -0.25) is 9.98 Å². The molecule has 4 heteroatoms. The zero-order valence-electron chi connectivity index (χ0n) is 6.84. The number of nitrogen functional groups attached to an aromatic ring is 1. The molecular weight excluding hydrogens is 265 g/mol. The number of pyridine rings is 1. The molecule has 0 spiro atoms. The number of aliphatic imine (C=N–C) groups is 1. The molecule has 0 radical (unpaired) electrons. The van der Waals surface area contributed by atoms with Crippen molar-refractivity contribution in [3.05, 3.63) is 21.0 Å².